The van der Waals surface area contributed by atoms with Crippen LogP contribution in [-0.4, -0.2) is 62.3 Å². The number of rotatable bonds is 7. The van der Waals surface area contributed by atoms with Crippen LogP contribution in [0.4, 0.5) is 0 Å². The fourth-order valence-electron chi connectivity index (χ4n) is 1.84. The van der Waals surface area contributed by atoms with Gasteiger partial charge in [0.25, 0.3) is 0 Å². The third-order valence-corrected chi connectivity index (χ3v) is 3.61. The van der Waals surface area contributed by atoms with Crippen molar-refractivity contribution < 1.29 is 30.3 Å². The second-order valence-electron chi connectivity index (χ2n) is 4.90. The zero-order valence-electron chi connectivity index (χ0n) is 11.5. The van der Waals surface area contributed by atoms with Gasteiger partial charge in [-0.15, -0.1) is 0 Å². The summed E-state index contributed by atoms with van der Waals surface area (Å²) in [7, 11) is 0. The molecule has 0 amide bonds. The fraction of sp³-hybridized carbons (Fsp3) is 0.500. The van der Waals surface area contributed by atoms with Gasteiger partial charge in [-0.2, -0.15) is 0 Å². The molecule has 7 heteroatoms. The first kappa shape index (κ1) is 18.0. The van der Waals surface area contributed by atoms with Crippen molar-refractivity contribution in [2.45, 2.75) is 37.8 Å². The van der Waals surface area contributed by atoms with E-state index in [1.807, 2.05) is 0 Å². The summed E-state index contributed by atoms with van der Waals surface area (Å²) in [4.78, 5) is 11.9. The van der Waals surface area contributed by atoms with Gasteiger partial charge >= 0.3 is 0 Å². The van der Waals surface area contributed by atoms with Crippen molar-refractivity contribution in [1.29, 1.82) is 0 Å². The number of benzene rings is 1. The first-order chi connectivity index (χ1) is 9.77. The zero-order chi connectivity index (χ0) is 16.2. The molecule has 21 heavy (non-hydrogen) atoms. The summed E-state index contributed by atoms with van der Waals surface area (Å²) in [5.41, 5.74) is 1.37. The Morgan fingerprint density at radius 3 is 2.33 bits per heavy atom. The van der Waals surface area contributed by atoms with E-state index < -0.39 is 36.8 Å². The minimum absolute atomic E-state index is 0.155. The van der Waals surface area contributed by atoms with E-state index in [1.165, 1.54) is 0 Å². The Morgan fingerprint density at radius 2 is 1.81 bits per heavy atom. The summed E-state index contributed by atoms with van der Waals surface area (Å²) >= 11 is 5.86. The van der Waals surface area contributed by atoms with Crippen LogP contribution in [0.25, 0.3) is 0 Å². The maximum atomic E-state index is 11.9. The molecule has 0 bridgehead atoms. The predicted molar refractivity (Wildman–Crippen MR) is 76.0 cm³/mol. The van der Waals surface area contributed by atoms with Gasteiger partial charge in [0.15, 0.2) is 5.78 Å². The molecule has 118 valence electrons. The zero-order valence-corrected chi connectivity index (χ0v) is 12.2. The van der Waals surface area contributed by atoms with Crippen LogP contribution in [0.15, 0.2) is 18.2 Å². The lowest BCUT2D eigenvalue weighted by atomic mass is 9.96. The van der Waals surface area contributed by atoms with Gasteiger partial charge in [-0.1, -0.05) is 23.7 Å². The molecule has 0 aliphatic rings. The highest BCUT2D eigenvalue weighted by Gasteiger charge is 2.33. The van der Waals surface area contributed by atoms with E-state index in [9.17, 15) is 25.2 Å². The maximum absolute atomic E-state index is 11.9. The summed E-state index contributed by atoms with van der Waals surface area (Å²) in [6, 6.07) is 4.91. The molecule has 6 nitrogen and oxygen atoms in total. The van der Waals surface area contributed by atoms with Gasteiger partial charge in [0.1, 0.15) is 24.4 Å². The van der Waals surface area contributed by atoms with E-state index in [-0.39, 0.29) is 6.42 Å². The van der Waals surface area contributed by atoms with Crippen molar-refractivity contribution in [3.8, 4) is 0 Å². The van der Waals surface area contributed by atoms with Crippen molar-refractivity contribution in [2.24, 2.45) is 0 Å². The van der Waals surface area contributed by atoms with Crippen molar-refractivity contribution in [2.75, 3.05) is 6.61 Å². The third-order valence-electron chi connectivity index (χ3n) is 3.19. The quantitative estimate of drug-likeness (QED) is 0.449. The third kappa shape index (κ3) is 4.74. The van der Waals surface area contributed by atoms with Crippen LogP contribution in [0.1, 0.15) is 11.1 Å². The minimum Gasteiger partial charge on any atom is -0.394 e. The van der Waals surface area contributed by atoms with E-state index in [4.69, 9.17) is 16.7 Å². The van der Waals surface area contributed by atoms with E-state index in [1.54, 1.807) is 25.1 Å². The minimum atomic E-state index is -1.88. The van der Waals surface area contributed by atoms with Gasteiger partial charge in [-0.05, 0) is 24.1 Å². The Labute approximate surface area is 127 Å². The largest absolute Gasteiger partial charge is 0.394 e. The fourth-order valence-corrected chi connectivity index (χ4v) is 1.95. The number of ketones is 1. The first-order valence-corrected chi connectivity index (χ1v) is 6.76. The molecule has 4 atom stereocenters. The van der Waals surface area contributed by atoms with E-state index in [0.29, 0.717) is 10.6 Å². The average molecular weight is 319 g/mol. The van der Waals surface area contributed by atoms with Gasteiger partial charge in [0.05, 0.1) is 6.61 Å². The Morgan fingerprint density at radius 1 is 1.19 bits per heavy atom. The SMILES string of the molecule is Cc1cc(CC(=O)[C@H](O)[C@@H](O)[C@H](O)[C@H](O)CO)ccc1Cl. The Kier molecular flexibility index (Phi) is 6.73. The summed E-state index contributed by atoms with van der Waals surface area (Å²) in [6.07, 6.45) is -7.36. The molecule has 0 heterocycles. The van der Waals surface area contributed by atoms with Gasteiger partial charge in [0.2, 0.25) is 0 Å². The van der Waals surface area contributed by atoms with Gasteiger partial charge < -0.3 is 25.5 Å². The van der Waals surface area contributed by atoms with Gasteiger partial charge in [0, 0.05) is 11.4 Å². The van der Waals surface area contributed by atoms with Crippen molar-refractivity contribution in [3.05, 3.63) is 34.3 Å². The molecule has 0 aromatic heterocycles. The van der Waals surface area contributed by atoms with Crippen molar-refractivity contribution >= 4 is 17.4 Å². The summed E-state index contributed by atoms with van der Waals surface area (Å²) in [5, 5.41) is 47.2. The van der Waals surface area contributed by atoms with Crippen LogP contribution in [0.2, 0.25) is 5.02 Å². The molecule has 0 aliphatic carbocycles. The number of aryl methyl sites for hydroxylation is 1. The lowest BCUT2D eigenvalue weighted by Gasteiger charge is -2.24. The Bertz CT molecular complexity index is 492. The normalized spacial score (nSPS) is 17.1. The molecule has 0 unspecified atom stereocenters. The number of carbonyl (C=O) groups is 1. The highest BCUT2D eigenvalue weighted by molar-refractivity contribution is 6.31. The molecular weight excluding hydrogens is 300 g/mol. The van der Waals surface area contributed by atoms with E-state index >= 15 is 0 Å². The molecule has 1 aromatic carbocycles. The van der Waals surface area contributed by atoms with Crippen molar-refractivity contribution in [3.63, 3.8) is 0 Å². The van der Waals surface area contributed by atoms with Crippen LogP contribution in [-0.2, 0) is 11.2 Å². The molecular formula is C14H19ClO6. The number of aliphatic hydroxyl groups is 5. The summed E-state index contributed by atoms with van der Waals surface area (Å²) < 4.78 is 0. The molecule has 0 saturated heterocycles. The topological polar surface area (TPSA) is 118 Å². The number of aliphatic hydroxyl groups excluding tert-OH is 5. The standard InChI is InChI=1S/C14H19ClO6/c1-7-4-8(2-3-9(7)15)5-10(17)12(19)14(21)13(20)11(18)6-16/h2-4,11-14,16,18-21H,5-6H2,1H3/t11-,12+,13-,14-/m1/s1. The van der Waals surface area contributed by atoms with Gasteiger partial charge in [-0.25, -0.2) is 0 Å². The summed E-state index contributed by atoms with van der Waals surface area (Å²) in [6.45, 7) is 0.971. The van der Waals surface area contributed by atoms with Crippen LogP contribution in [0.3, 0.4) is 0 Å². The molecule has 0 spiro atoms. The molecule has 1 rings (SSSR count). The molecule has 0 aliphatic heterocycles. The van der Waals surface area contributed by atoms with E-state index in [0.717, 1.165) is 5.56 Å². The Hall–Kier alpha value is -1.02. The first-order valence-electron chi connectivity index (χ1n) is 6.38. The van der Waals surface area contributed by atoms with Gasteiger partial charge in [-0.3, -0.25) is 4.79 Å². The van der Waals surface area contributed by atoms with Crippen LogP contribution in [0, 0.1) is 6.92 Å². The number of carbonyl (C=O) groups excluding carboxylic acids is 1. The number of hydrogen-bond acceptors (Lipinski definition) is 6. The lowest BCUT2D eigenvalue weighted by Crippen LogP contribution is -2.49. The smallest absolute Gasteiger partial charge is 0.168 e. The van der Waals surface area contributed by atoms with Crippen molar-refractivity contribution in [1.82, 2.24) is 0 Å². The molecule has 0 saturated carbocycles. The monoisotopic (exact) mass is 318 g/mol. The molecule has 0 radical (unpaired) electrons. The number of hydrogen-bond donors (Lipinski definition) is 5. The second kappa shape index (κ2) is 7.84. The van der Waals surface area contributed by atoms with Crippen LogP contribution < -0.4 is 0 Å². The van der Waals surface area contributed by atoms with Crippen LogP contribution >= 0.6 is 11.6 Å². The highest BCUT2D eigenvalue weighted by atomic mass is 35.5. The number of Topliss-reactive ketones (excluding diaryl/α,β-unsaturated/α-hetero) is 1. The molecule has 5 N–H and O–H groups in total. The molecule has 1 aromatic rings. The predicted octanol–water partition coefficient (Wildman–Crippen LogP) is -0.804. The average Bonchev–Trinajstić information content (AvgIpc) is 2.47. The highest BCUT2D eigenvalue weighted by Crippen LogP contribution is 2.17. The maximum Gasteiger partial charge on any atom is 0.168 e. The van der Waals surface area contributed by atoms with E-state index in [2.05, 4.69) is 0 Å². The second-order valence-corrected chi connectivity index (χ2v) is 5.31. The molecule has 0 fully saturated rings. The lowest BCUT2D eigenvalue weighted by molar-refractivity contribution is -0.146. The van der Waals surface area contributed by atoms with Crippen LogP contribution in [0.5, 0.6) is 0 Å². The summed E-state index contributed by atoms with van der Waals surface area (Å²) in [5.74, 6) is -0.714. The number of halogens is 1. The Balaban J connectivity index is 2.71.